The maximum absolute atomic E-state index is 11.7. The van der Waals surface area contributed by atoms with Crippen molar-refractivity contribution < 1.29 is 24.2 Å². The topological polar surface area (TPSA) is 72.8 Å². The van der Waals surface area contributed by atoms with Crippen LogP contribution in [-0.4, -0.2) is 24.2 Å². The van der Waals surface area contributed by atoms with Gasteiger partial charge < -0.3 is 14.6 Å². The first-order valence-corrected chi connectivity index (χ1v) is 11.9. The Hall–Kier alpha value is -3.86. The van der Waals surface area contributed by atoms with Gasteiger partial charge in [-0.25, -0.2) is 4.79 Å². The summed E-state index contributed by atoms with van der Waals surface area (Å²) in [6.45, 7) is 0.497. The molecule has 0 bridgehead atoms. The first kappa shape index (κ1) is 25.8. The van der Waals surface area contributed by atoms with Crippen molar-refractivity contribution in [3.63, 3.8) is 0 Å². The highest BCUT2D eigenvalue weighted by Crippen LogP contribution is 2.24. The van der Waals surface area contributed by atoms with Crippen molar-refractivity contribution in [1.29, 1.82) is 0 Å². The van der Waals surface area contributed by atoms with Gasteiger partial charge in [0.2, 0.25) is 0 Å². The Morgan fingerprint density at radius 2 is 1.60 bits per heavy atom. The highest BCUT2D eigenvalue weighted by molar-refractivity contribution is 5.89. The Balaban J connectivity index is 1.70. The van der Waals surface area contributed by atoms with Crippen molar-refractivity contribution in [3.05, 3.63) is 107 Å². The molecule has 0 saturated carbocycles. The number of aliphatic carboxylic acids is 1. The molecule has 0 aliphatic heterocycles. The minimum Gasteiger partial charge on any atom is -0.488 e. The summed E-state index contributed by atoms with van der Waals surface area (Å²) < 4.78 is 10.9. The number of methoxy groups -OCH3 is 1. The van der Waals surface area contributed by atoms with Gasteiger partial charge >= 0.3 is 11.9 Å². The second kappa shape index (κ2) is 13.8. The fourth-order valence-electron chi connectivity index (χ4n) is 3.87. The maximum atomic E-state index is 11.7. The highest BCUT2D eigenvalue weighted by atomic mass is 16.5. The summed E-state index contributed by atoms with van der Waals surface area (Å²) >= 11 is 0. The van der Waals surface area contributed by atoms with Gasteiger partial charge in [-0.15, -0.1) is 0 Å². The van der Waals surface area contributed by atoms with Crippen LogP contribution in [0.3, 0.4) is 0 Å². The number of para-hydroxylation sites is 1. The molecule has 0 fully saturated rings. The molecule has 3 aromatic carbocycles. The van der Waals surface area contributed by atoms with E-state index in [9.17, 15) is 9.59 Å². The summed E-state index contributed by atoms with van der Waals surface area (Å²) in [4.78, 5) is 22.6. The van der Waals surface area contributed by atoms with Crippen LogP contribution in [0.5, 0.6) is 5.75 Å². The number of hydrogen-bond donors (Lipinski definition) is 1. The summed E-state index contributed by atoms with van der Waals surface area (Å²) in [6, 6.07) is 25.5. The predicted octanol–water partition coefficient (Wildman–Crippen LogP) is 6.57. The quantitative estimate of drug-likeness (QED) is 0.225. The van der Waals surface area contributed by atoms with Gasteiger partial charge in [0, 0.05) is 12.0 Å². The van der Waals surface area contributed by atoms with Gasteiger partial charge in [-0.05, 0) is 54.5 Å². The predicted molar refractivity (Wildman–Crippen MR) is 137 cm³/mol. The SMILES string of the molecule is COC(=O)c1ccc(CC(C=Cc2ccccc2OCc2ccccc2)CCCCC(=O)O)cc1. The van der Waals surface area contributed by atoms with Gasteiger partial charge in [-0.3, -0.25) is 4.79 Å². The molecular weight excluding hydrogens is 440 g/mol. The molecule has 5 nitrogen and oxygen atoms in total. The number of carbonyl (C=O) groups is 2. The molecule has 0 amide bonds. The Morgan fingerprint density at radius 3 is 2.31 bits per heavy atom. The minimum atomic E-state index is -0.764. The zero-order valence-electron chi connectivity index (χ0n) is 20.1. The molecule has 0 aromatic heterocycles. The zero-order valence-corrected chi connectivity index (χ0v) is 20.1. The monoisotopic (exact) mass is 472 g/mol. The van der Waals surface area contributed by atoms with E-state index in [2.05, 4.69) is 12.2 Å². The molecule has 0 heterocycles. The summed E-state index contributed by atoms with van der Waals surface area (Å²) in [7, 11) is 1.37. The van der Waals surface area contributed by atoms with Crippen molar-refractivity contribution in [1.82, 2.24) is 0 Å². The second-order valence-electron chi connectivity index (χ2n) is 8.46. The second-order valence-corrected chi connectivity index (χ2v) is 8.46. The molecule has 1 unspecified atom stereocenters. The van der Waals surface area contributed by atoms with E-state index in [1.807, 2.05) is 66.7 Å². The first-order valence-electron chi connectivity index (χ1n) is 11.9. The molecule has 35 heavy (non-hydrogen) atoms. The molecule has 0 saturated heterocycles. The Bertz CT molecular complexity index is 1100. The number of unbranched alkanes of at least 4 members (excludes halogenated alkanes) is 1. The lowest BCUT2D eigenvalue weighted by Gasteiger charge is -2.14. The summed E-state index contributed by atoms with van der Waals surface area (Å²) in [5.41, 5.74) is 3.74. The van der Waals surface area contributed by atoms with E-state index in [0.717, 1.165) is 41.7 Å². The molecule has 182 valence electrons. The number of hydrogen-bond acceptors (Lipinski definition) is 4. The van der Waals surface area contributed by atoms with E-state index in [1.165, 1.54) is 7.11 Å². The van der Waals surface area contributed by atoms with Gasteiger partial charge in [-0.1, -0.05) is 79.2 Å². The van der Waals surface area contributed by atoms with Crippen molar-refractivity contribution >= 4 is 18.0 Å². The lowest BCUT2D eigenvalue weighted by molar-refractivity contribution is -0.137. The highest BCUT2D eigenvalue weighted by Gasteiger charge is 2.10. The minimum absolute atomic E-state index is 0.181. The van der Waals surface area contributed by atoms with Crippen LogP contribution in [0.25, 0.3) is 6.08 Å². The number of allylic oxidation sites excluding steroid dienone is 1. The van der Waals surface area contributed by atoms with Crippen LogP contribution in [0.1, 0.15) is 52.7 Å². The number of carboxylic acid groups (broad SMARTS) is 1. The van der Waals surface area contributed by atoms with Crippen LogP contribution in [0.4, 0.5) is 0 Å². The summed E-state index contributed by atoms with van der Waals surface area (Å²) in [5.74, 6) is -0.0802. The van der Waals surface area contributed by atoms with E-state index < -0.39 is 5.97 Å². The Labute approximate surface area is 207 Å². The number of carbonyl (C=O) groups excluding carboxylic acids is 1. The van der Waals surface area contributed by atoms with E-state index in [4.69, 9.17) is 14.6 Å². The van der Waals surface area contributed by atoms with Crippen molar-refractivity contribution in [3.8, 4) is 5.75 Å². The van der Waals surface area contributed by atoms with Gasteiger partial charge in [0.1, 0.15) is 12.4 Å². The van der Waals surface area contributed by atoms with E-state index in [-0.39, 0.29) is 18.3 Å². The van der Waals surface area contributed by atoms with Gasteiger partial charge in [0.05, 0.1) is 12.7 Å². The lowest BCUT2D eigenvalue weighted by Crippen LogP contribution is -2.05. The Kier molecular flexibility index (Phi) is 10.1. The molecule has 1 N–H and O–H groups in total. The van der Waals surface area contributed by atoms with Crippen LogP contribution in [-0.2, 0) is 22.6 Å². The lowest BCUT2D eigenvalue weighted by atomic mass is 9.92. The van der Waals surface area contributed by atoms with E-state index >= 15 is 0 Å². The number of esters is 1. The van der Waals surface area contributed by atoms with Crippen LogP contribution < -0.4 is 4.74 Å². The first-order chi connectivity index (χ1) is 17.0. The van der Waals surface area contributed by atoms with Crippen LogP contribution in [0.2, 0.25) is 0 Å². The molecule has 3 aromatic rings. The van der Waals surface area contributed by atoms with Crippen LogP contribution >= 0.6 is 0 Å². The standard InChI is InChI=1S/C30H32O5/c1-34-30(33)27-19-16-24(17-20-27)21-23(9-5-8-14-29(31)32)15-18-26-12-6-7-13-28(26)35-22-25-10-3-2-4-11-25/h2-4,6-7,10-13,15-20,23H,5,8-9,14,21-22H2,1H3,(H,31,32). The van der Waals surface area contributed by atoms with E-state index in [0.29, 0.717) is 18.6 Å². The maximum Gasteiger partial charge on any atom is 0.337 e. The molecule has 0 spiro atoms. The third kappa shape index (κ3) is 8.78. The molecule has 5 heteroatoms. The molecule has 0 radical (unpaired) electrons. The third-order valence-electron chi connectivity index (χ3n) is 5.79. The van der Waals surface area contributed by atoms with Gasteiger partial charge in [0.15, 0.2) is 0 Å². The van der Waals surface area contributed by atoms with E-state index in [1.54, 1.807) is 12.1 Å². The van der Waals surface area contributed by atoms with Crippen molar-refractivity contribution in [2.75, 3.05) is 7.11 Å². The third-order valence-corrected chi connectivity index (χ3v) is 5.79. The average Bonchev–Trinajstić information content (AvgIpc) is 2.89. The molecule has 3 rings (SSSR count). The number of carboxylic acids is 1. The van der Waals surface area contributed by atoms with Crippen LogP contribution in [0, 0.1) is 5.92 Å². The molecule has 0 aliphatic rings. The van der Waals surface area contributed by atoms with Crippen LogP contribution in [0.15, 0.2) is 84.9 Å². The zero-order chi connectivity index (χ0) is 24.9. The smallest absolute Gasteiger partial charge is 0.337 e. The van der Waals surface area contributed by atoms with Gasteiger partial charge in [0.25, 0.3) is 0 Å². The average molecular weight is 473 g/mol. The van der Waals surface area contributed by atoms with Gasteiger partial charge in [-0.2, -0.15) is 0 Å². The summed E-state index contributed by atoms with van der Waals surface area (Å²) in [5, 5.41) is 8.95. The molecule has 1 atom stereocenters. The molecular formula is C30H32O5. The molecule has 0 aliphatic carbocycles. The normalized spacial score (nSPS) is 11.8. The fourth-order valence-corrected chi connectivity index (χ4v) is 3.87. The summed E-state index contributed by atoms with van der Waals surface area (Å²) in [6.07, 6.45) is 7.59. The largest absolute Gasteiger partial charge is 0.488 e. The fraction of sp³-hybridized carbons (Fsp3) is 0.267. The number of ether oxygens (including phenoxy) is 2. The van der Waals surface area contributed by atoms with Crippen molar-refractivity contribution in [2.45, 2.75) is 38.7 Å². The number of rotatable bonds is 13. The Morgan fingerprint density at radius 1 is 0.886 bits per heavy atom. The van der Waals surface area contributed by atoms with Crippen molar-refractivity contribution in [2.24, 2.45) is 5.92 Å². The number of benzene rings is 3.